The van der Waals surface area contributed by atoms with Crippen LogP contribution in [0.25, 0.3) is 0 Å². The van der Waals surface area contributed by atoms with Gasteiger partial charge in [0.15, 0.2) is 0 Å². The summed E-state index contributed by atoms with van der Waals surface area (Å²) < 4.78 is 5.67. The summed E-state index contributed by atoms with van der Waals surface area (Å²) >= 11 is 5.95. The van der Waals surface area contributed by atoms with Crippen LogP contribution in [0.15, 0.2) is 48.5 Å². The van der Waals surface area contributed by atoms with Crippen LogP contribution in [0, 0.1) is 6.92 Å². The molecule has 0 amide bonds. The van der Waals surface area contributed by atoms with Crippen molar-refractivity contribution in [1.82, 2.24) is 4.90 Å². The molecule has 134 valence electrons. The number of aliphatic hydroxyl groups is 1. The Morgan fingerprint density at radius 3 is 2.28 bits per heavy atom. The fourth-order valence-corrected chi connectivity index (χ4v) is 3.14. The zero-order valence-corrected chi connectivity index (χ0v) is 15.3. The highest BCUT2D eigenvalue weighted by Gasteiger charge is 2.19. The van der Waals surface area contributed by atoms with E-state index in [1.807, 2.05) is 43.3 Å². The Morgan fingerprint density at radius 1 is 1.00 bits per heavy atom. The molecule has 0 aliphatic carbocycles. The number of hydrogen-bond acceptors (Lipinski definition) is 4. The summed E-state index contributed by atoms with van der Waals surface area (Å²) in [6.07, 6.45) is -0.483. The molecule has 4 nitrogen and oxygen atoms in total. The molecule has 0 bridgehead atoms. The van der Waals surface area contributed by atoms with Crippen molar-refractivity contribution in [2.45, 2.75) is 13.0 Å². The normalized spacial score (nSPS) is 16.7. The molecule has 1 saturated heterocycles. The van der Waals surface area contributed by atoms with Crippen molar-refractivity contribution in [1.29, 1.82) is 0 Å². The minimum Gasteiger partial charge on any atom is -0.491 e. The average Bonchev–Trinajstić information content (AvgIpc) is 2.63. The highest BCUT2D eigenvalue weighted by molar-refractivity contribution is 6.30. The molecule has 1 atom stereocenters. The molecule has 1 fully saturated rings. The molecule has 1 aliphatic rings. The van der Waals surface area contributed by atoms with Gasteiger partial charge in [-0.05, 0) is 43.3 Å². The molecule has 25 heavy (non-hydrogen) atoms. The molecule has 0 unspecified atom stereocenters. The number of β-amino-alcohol motifs (C(OH)–C–C–N with tert-alkyl or cyclic N) is 1. The second-order valence-corrected chi connectivity index (χ2v) is 6.98. The molecule has 2 aromatic rings. The second kappa shape index (κ2) is 8.56. The third kappa shape index (κ3) is 5.36. The molecule has 1 N–H and O–H groups in total. The Bertz CT molecular complexity index is 652. The van der Waals surface area contributed by atoms with Gasteiger partial charge in [0.1, 0.15) is 18.5 Å². The van der Waals surface area contributed by atoms with Gasteiger partial charge < -0.3 is 14.7 Å². The third-order valence-electron chi connectivity index (χ3n) is 4.50. The van der Waals surface area contributed by atoms with Crippen molar-refractivity contribution in [3.8, 4) is 5.75 Å². The predicted octanol–water partition coefficient (Wildman–Crippen LogP) is 3.21. The van der Waals surface area contributed by atoms with Gasteiger partial charge in [-0.25, -0.2) is 0 Å². The number of nitrogens with zero attached hydrogens (tertiary/aromatic N) is 2. The lowest BCUT2D eigenvalue weighted by Crippen LogP contribution is -2.49. The fraction of sp³-hybridized carbons (Fsp3) is 0.400. The Balaban J connectivity index is 1.40. The average molecular weight is 361 g/mol. The summed E-state index contributed by atoms with van der Waals surface area (Å²) in [4.78, 5) is 4.64. The zero-order valence-electron chi connectivity index (χ0n) is 14.6. The van der Waals surface area contributed by atoms with Gasteiger partial charge in [0.2, 0.25) is 0 Å². The summed E-state index contributed by atoms with van der Waals surface area (Å²) in [5.41, 5.74) is 2.40. The number of ether oxygens (including phenoxy) is 1. The van der Waals surface area contributed by atoms with Crippen LogP contribution in [-0.2, 0) is 0 Å². The third-order valence-corrected chi connectivity index (χ3v) is 4.75. The monoisotopic (exact) mass is 360 g/mol. The second-order valence-electron chi connectivity index (χ2n) is 6.54. The Labute approximate surface area is 154 Å². The van der Waals surface area contributed by atoms with E-state index in [1.54, 1.807) is 0 Å². The topological polar surface area (TPSA) is 35.9 Å². The van der Waals surface area contributed by atoms with Crippen molar-refractivity contribution in [3.05, 3.63) is 59.1 Å². The van der Waals surface area contributed by atoms with E-state index in [0.29, 0.717) is 13.2 Å². The number of halogens is 1. The minimum atomic E-state index is -0.483. The lowest BCUT2D eigenvalue weighted by atomic mass is 10.2. The minimum absolute atomic E-state index is 0.320. The smallest absolute Gasteiger partial charge is 0.119 e. The quantitative estimate of drug-likeness (QED) is 0.858. The lowest BCUT2D eigenvalue weighted by molar-refractivity contribution is 0.0663. The van der Waals surface area contributed by atoms with Crippen molar-refractivity contribution in [2.75, 3.05) is 44.2 Å². The van der Waals surface area contributed by atoms with E-state index in [0.717, 1.165) is 37.0 Å². The first kappa shape index (κ1) is 18.1. The molecule has 0 spiro atoms. The van der Waals surface area contributed by atoms with Crippen LogP contribution < -0.4 is 9.64 Å². The fourth-order valence-electron chi connectivity index (χ4n) is 3.02. The van der Waals surface area contributed by atoms with Gasteiger partial charge in [-0.1, -0.05) is 29.3 Å². The molecule has 0 radical (unpaired) electrons. The molecule has 0 saturated carbocycles. The van der Waals surface area contributed by atoms with E-state index in [2.05, 4.69) is 21.9 Å². The molecule has 2 aromatic carbocycles. The summed E-state index contributed by atoms with van der Waals surface area (Å²) in [5.74, 6) is 0.803. The van der Waals surface area contributed by atoms with Gasteiger partial charge in [0, 0.05) is 43.4 Å². The zero-order chi connectivity index (χ0) is 17.6. The summed E-state index contributed by atoms with van der Waals surface area (Å²) in [7, 11) is 0. The van der Waals surface area contributed by atoms with E-state index >= 15 is 0 Å². The van der Waals surface area contributed by atoms with E-state index in [-0.39, 0.29) is 0 Å². The van der Waals surface area contributed by atoms with Crippen LogP contribution >= 0.6 is 11.6 Å². The largest absolute Gasteiger partial charge is 0.491 e. The standard InChI is InChI=1S/C20H25ClN2O2/c1-16-2-8-20(9-3-16)25-15-19(24)14-22-10-12-23(13-11-22)18-6-4-17(21)5-7-18/h2-9,19,24H,10-15H2,1H3/t19-/m0/s1. The number of benzene rings is 2. The first-order valence-corrected chi connectivity index (χ1v) is 9.08. The van der Waals surface area contributed by atoms with E-state index in [1.165, 1.54) is 11.3 Å². The molecule has 1 aliphatic heterocycles. The Hall–Kier alpha value is -1.75. The van der Waals surface area contributed by atoms with Gasteiger partial charge in [0.25, 0.3) is 0 Å². The molecule has 5 heteroatoms. The summed E-state index contributed by atoms with van der Waals surface area (Å²) in [5, 5.41) is 11.0. The number of aliphatic hydroxyl groups excluding tert-OH is 1. The summed E-state index contributed by atoms with van der Waals surface area (Å²) in [6.45, 7) is 6.78. The predicted molar refractivity (Wildman–Crippen MR) is 103 cm³/mol. The Kier molecular flexibility index (Phi) is 6.19. The summed E-state index contributed by atoms with van der Waals surface area (Å²) in [6, 6.07) is 15.9. The number of aryl methyl sites for hydroxylation is 1. The van der Waals surface area contributed by atoms with Crippen LogP contribution in [-0.4, -0.2) is 55.4 Å². The van der Waals surface area contributed by atoms with Gasteiger partial charge in [-0.3, -0.25) is 4.90 Å². The number of anilines is 1. The lowest BCUT2D eigenvalue weighted by Gasteiger charge is -2.36. The number of rotatable bonds is 6. The molecule has 3 rings (SSSR count). The first-order valence-electron chi connectivity index (χ1n) is 8.70. The van der Waals surface area contributed by atoms with Gasteiger partial charge in [-0.2, -0.15) is 0 Å². The van der Waals surface area contributed by atoms with Crippen LogP contribution in [0.5, 0.6) is 5.75 Å². The van der Waals surface area contributed by atoms with E-state index in [4.69, 9.17) is 16.3 Å². The van der Waals surface area contributed by atoms with Crippen LogP contribution in [0.1, 0.15) is 5.56 Å². The highest BCUT2D eigenvalue weighted by atomic mass is 35.5. The van der Waals surface area contributed by atoms with E-state index in [9.17, 15) is 5.11 Å². The highest BCUT2D eigenvalue weighted by Crippen LogP contribution is 2.19. The maximum Gasteiger partial charge on any atom is 0.119 e. The SMILES string of the molecule is Cc1ccc(OC[C@@H](O)CN2CCN(c3ccc(Cl)cc3)CC2)cc1. The number of piperazine rings is 1. The van der Waals surface area contributed by atoms with Crippen LogP contribution in [0.3, 0.4) is 0 Å². The first-order chi connectivity index (χ1) is 12.1. The van der Waals surface area contributed by atoms with Crippen molar-refractivity contribution < 1.29 is 9.84 Å². The molecular weight excluding hydrogens is 336 g/mol. The van der Waals surface area contributed by atoms with Crippen molar-refractivity contribution >= 4 is 17.3 Å². The van der Waals surface area contributed by atoms with Crippen LogP contribution in [0.2, 0.25) is 5.02 Å². The van der Waals surface area contributed by atoms with E-state index < -0.39 is 6.10 Å². The van der Waals surface area contributed by atoms with Crippen LogP contribution in [0.4, 0.5) is 5.69 Å². The number of hydrogen-bond donors (Lipinski definition) is 1. The Morgan fingerprint density at radius 2 is 1.64 bits per heavy atom. The maximum absolute atomic E-state index is 10.2. The van der Waals surface area contributed by atoms with Crippen molar-refractivity contribution in [2.24, 2.45) is 0 Å². The molecule has 1 heterocycles. The molecule has 0 aromatic heterocycles. The molecular formula is C20H25ClN2O2. The van der Waals surface area contributed by atoms with Gasteiger partial charge in [-0.15, -0.1) is 0 Å². The van der Waals surface area contributed by atoms with Crippen molar-refractivity contribution in [3.63, 3.8) is 0 Å². The maximum atomic E-state index is 10.2. The van der Waals surface area contributed by atoms with Gasteiger partial charge >= 0.3 is 0 Å². The van der Waals surface area contributed by atoms with Gasteiger partial charge in [0.05, 0.1) is 0 Å².